The number of hydrogen-bond acceptors (Lipinski definition) is 7. The van der Waals surface area contributed by atoms with E-state index in [-0.39, 0.29) is 10.7 Å². The molecule has 0 saturated carbocycles. The lowest BCUT2D eigenvalue weighted by atomic mass is 10.2. The van der Waals surface area contributed by atoms with E-state index in [1.54, 1.807) is 24.3 Å². The summed E-state index contributed by atoms with van der Waals surface area (Å²) in [5, 5.41) is 14.0. The number of carbonyl (C=O) groups excluding carboxylic acids is 2. The number of hydrogen-bond donors (Lipinski definition) is 1. The molecule has 1 heterocycles. The number of halogens is 1. The van der Waals surface area contributed by atoms with Crippen molar-refractivity contribution in [2.75, 3.05) is 11.9 Å². The lowest BCUT2D eigenvalue weighted by Crippen LogP contribution is -2.07. The van der Waals surface area contributed by atoms with Gasteiger partial charge in [0.15, 0.2) is 5.13 Å². The van der Waals surface area contributed by atoms with Gasteiger partial charge in [0.1, 0.15) is 5.02 Å². The van der Waals surface area contributed by atoms with Crippen LogP contribution in [-0.4, -0.2) is 28.4 Å². The summed E-state index contributed by atoms with van der Waals surface area (Å²) >= 11 is 7.01. The second kappa shape index (κ2) is 10.1. The number of nitrogens with one attached hydrogen (secondary N) is 1. The number of unbranched alkanes of at least 4 members (excludes halogenated alkanes) is 1. The van der Waals surface area contributed by atoms with E-state index in [4.69, 9.17) is 16.3 Å². The molecule has 0 bridgehead atoms. The molecule has 0 atom stereocenters. The molecule has 160 valence electrons. The van der Waals surface area contributed by atoms with Gasteiger partial charge in [0.25, 0.3) is 5.69 Å². The monoisotopic (exact) mass is 459 g/mol. The quantitative estimate of drug-likeness (QED) is 0.157. The first-order valence-electron chi connectivity index (χ1n) is 9.38. The highest BCUT2D eigenvalue weighted by atomic mass is 35.5. The fourth-order valence-electron chi connectivity index (χ4n) is 2.59. The third-order valence-corrected chi connectivity index (χ3v) is 5.43. The molecule has 0 aliphatic rings. The number of nitrogens with zero attached hydrogens (tertiary/aromatic N) is 2. The molecule has 0 saturated heterocycles. The lowest BCUT2D eigenvalue weighted by Gasteiger charge is -2.03. The van der Waals surface area contributed by atoms with Gasteiger partial charge < -0.3 is 4.74 Å². The Kier molecular flexibility index (Phi) is 7.32. The van der Waals surface area contributed by atoms with Crippen molar-refractivity contribution in [1.29, 1.82) is 0 Å². The maximum Gasteiger partial charge on any atom is 0.338 e. The summed E-state index contributed by atoms with van der Waals surface area (Å²) in [6.45, 7) is 2.39. The molecular formula is C21H18ClN3O5S. The number of esters is 1. The highest BCUT2D eigenvalue weighted by molar-refractivity contribution is 7.22. The molecule has 3 aromatic rings. The van der Waals surface area contributed by atoms with Crippen LogP contribution in [0.2, 0.25) is 5.02 Å². The van der Waals surface area contributed by atoms with Gasteiger partial charge in [-0.25, -0.2) is 9.78 Å². The minimum Gasteiger partial charge on any atom is -0.462 e. The molecule has 0 aliphatic heterocycles. The summed E-state index contributed by atoms with van der Waals surface area (Å²) in [6.07, 6.45) is 4.43. The largest absolute Gasteiger partial charge is 0.462 e. The Morgan fingerprint density at radius 1 is 1.29 bits per heavy atom. The van der Waals surface area contributed by atoms with Crippen LogP contribution in [-0.2, 0) is 9.53 Å². The molecule has 10 heteroatoms. The van der Waals surface area contributed by atoms with Crippen LogP contribution in [0, 0.1) is 10.1 Å². The van der Waals surface area contributed by atoms with Gasteiger partial charge in [0, 0.05) is 12.1 Å². The molecule has 1 N–H and O–H groups in total. The lowest BCUT2D eigenvalue weighted by molar-refractivity contribution is -0.384. The van der Waals surface area contributed by atoms with Gasteiger partial charge in [0.2, 0.25) is 5.91 Å². The second-order valence-electron chi connectivity index (χ2n) is 6.48. The molecule has 31 heavy (non-hydrogen) atoms. The summed E-state index contributed by atoms with van der Waals surface area (Å²) in [7, 11) is 0. The van der Waals surface area contributed by atoms with E-state index < -0.39 is 16.8 Å². The first-order valence-corrected chi connectivity index (χ1v) is 10.6. The van der Waals surface area contributed by atoms with Gasteiger partial charge in [0.05, 0.1) is 27.3 Å². The first kappa shape index (κ1) is 22.4. The van der Waals surface area contributed by atoms with E-state index in [2.05, 4.69) is 10.3 Å². The third-order valence-electron chi connectivity index (χ3n) is 4.18. The molecule has 3 rings (SSSR count). The van der Waals surface area contributed by atoms with Crippen LogP contribution in [0.4, 0.5) is 10.8 Å². The number of nitro benzene ring substituents is 1. The van der Waals surface area contributed by atoms with Gasteiger partial charge in [-0.05, 0) is 42.3 Å². The summed E-state index contributed by atoms with van der Waals surface area (Å²) in [5.41, 5.74) is 1.29. The van der Waals surface area contributed by atoms with Crippen molar-refractivity contribution in [2.24, 2.45) is 0 Å². The van der Waals surface area contributed by atoms with Crippen molar-refractivity contribution in [2.45, 2.75) is 19.8 Å². The van der Waals surface area contributed by atoms with Crippen molar-refractivity contribution in [3.8, 4) is 0 Å². The summed E-state index contributed by atoms with van der Waals surface area (Å²) < 4.78 is 5.94. The maximum absolute atomic E-state index is 12.2. The van der Waals surface area contributed by atoms with Crippen molar-refractivity contribution in [1.82, 2.24) is 4.98 Å². The molecule has 1 amide bonds. The zero-order chi connectivity index (χ0) is 22.4. The van der Waals surface area contributed by atoms with E-state index in [0.717, 1.165) is 17.5 Å². The number of fused-ring (bicyclic) bond motifs is 1. The fraction of sp³-hybridized carbons (Fsp3) is 0.190. The third kappa shape index (κ3) is 5.87. The van der Waals surface area contributed by atoms with Gasteiger partial charge >= 0.3 is 5.97 Å². The van der Waals surface area contributed by atoms with Crippen molar-refractivity contribution >= 4 is 61.9 Å². The van der Waals surface area contributed by atoms with Gasteiger partial charge in [-0.3, -0.25) is 20.2 Å². The zero-order valence-corrected chi connectivity index (χ0v) is 18.0. The molecule has 8 nitrogen and oxygen atoms in total. The SMILES string of the molecule is CCCCOC(=O)c1ccc2nc(NC(=O)/C=C/c3ccc(Cl)c([N+](=O)[O-])c3)sc2c1. The summed E-state index contributed by atoms with van der Waals surface area (Å²) in [4.78, 5) is 39.0. The number of nitro groups is 1. The average Bonchev–Trinajstić information content (AvgIpc) is 3.14. The molecule has 0 unspecified atom stereocenters. The van der Waals surface area contributed by atoms with Crippen molar-refractivity contribution in [3.63, 3.8) is 0 Å². The Balaban J connectivity index is 1.68. The average molecular weight is 460 g/mol. The van der Waals surface area contributed by atoms with E-state index in [1.807, 2.05) is 6.92 Å². The number of thiazole rings is 1. The summed E-state index contributed by atoms with van der Waals surface area (Å²) in [5.74, 6) is -0.842. The van der Waals surface area contributed by atoms with Crippen molar-refractivity contribution < 1.29 is 19.2 Å². The number of ether oxygens (including phenoxy) is 1. The minimum atomic E-state index is -0.589. The zero-order valence-electron chi connectivity index (χ0n) is 16.5. The maximum atomic E-state index is 12.2. The van der Waals surface area contributed by atoms with E-state index in [1.165, 1.54) is 35.6 Å². The molecule has 0 spiro atoms. The Labute approximate surface area is 186 Å². The molecular weight excluding hydrogens is 442 g/mol. The predicted molar refractivity (Wildman–Crippen MR) is 121 cm³/mol. The molecule has 0 radical (unpaired) electrons. The first-order chi connectivity index (χ1) is 14.9. The van der Waals surface area contributed by atoms with E-state index in [9.17, 15) is 19.7 Å². The number of rotatable bonds is 8. The van der Waals surface area contributed by atoms with Gasteiger partial charge in [-0.2, -0.15) is 0 Å². The van der Waals surface area contributed by atoms with E-state index in [0.29, 0.717) is 28.4 Å². The second-order valence-corrected chi connectivity index (χ2v) is 7.92. The molecule has 0 aliphatic carbocycles. The molecule has 0 fully saturated rings. The standard InChI is InChI=1S/C21H18ClN3O5S/c1-2-3-10-30-20(27)14-6-8-16-18(12-14)31-21(23-16)24-19(26)9-5-13-4-7-15(22)17(11-13)25(28)29/h4-9,11-12H,2-3,10H2,1H3,(H,23,24,26)/b9-5+. The van der Waals surface area contributed by atoms with Gasteiger partial charge in [-0.15, -0.1) is 0 Å². The summed E-state index contributed by atoms with van der Waals surface area (Å²) in [6, 6.07) is 9.26. The van der Waals surface area contributed by atoms with Crippen LogP contribution in [0.25, 0.3) is 16.3 Å². The highest BCUT2D eigenvalue weighted by Crippen LogP contribution is 2.28. The van der Waals surface area contributed by atoms with Crippen LogP contribution >= 0.6 is 22.9 Å². The molecule has 1 aromatic heterocycles. The Morgan fingerprint density at radius 3 is 2.84 bits per heavy atom. The smallest absolute Gasteiger partial charge is 0.338 e. The van der Waals surface area contributed by atoms with Crippen LogP contribution in [0.3, 0.4) is 0 Å². The number of amides is 1. The fourth-order valence-corrected chi connectivity index (χ4v) is 3.68. The topological polar surface area (TPSA) is 111 Å². The Hall–Kier alpha value is -3.30. The Morgan fingerprint density at radius 2 is 2.10 bits per heavy atom. The van der Waals surface area contributed by atoms with E-state index >= 15 is 0 Å². The van der Waals surface area contributed by atoms with Gasteiger partial charge in [-0.1, -0.05) is 42.3 Å². The number of benzene rings is 2. The number of carbonyl (C=O) groups is 2. The van der Waals surface area contributed by atoms with Crippen molar-refractivity contribution in [3.05, 3.63) is 68.7 Å². The number of anilines is 1. The normalized spacial score (nSPS) is 11.0. The van der Waals surface area contributed by atoms with Crippen LogP contribution in [0.1, 0.15) is 35.7 Å². The van der Waals surface area contributed by atoms with Crippen LogP contribution in [0.5, 0.6) is 0 Å². The molecule has 2 aromatic carbocycles. The Bertz CT molecular complexity index is 1180. The predicted octanol–water partition coefficient (Wildman–Crippen LogP) is 5.47. The highest BCUT2D eigenvalue weighted by Gasteiger charge is 2.13. The number of aromatic nitrogens is 1. The van der Waals surface area contributed by atoms with Crippen LogP contribution in [0.15, 0.2) is 42.5 Å². The minimum absolute atomic E-state index is 0.0229. The van der Waals surface area contributed by atoms with Crippen LogP contribution < -0.4 is 5.32 Å².